The third-order valence-corrected chi connectivity index (χ3v) is 5.34. The van der Waals surface area contributed by atoms with Crippen LogP contribution in [0.1, 0.15) is 50.8 Å². The second kappa shape index (κ2) is 5.16. The summed E-state index contributed by atoms with van der Waals surface area (Å²) in [5.74, 6) is 0.701. The summed E-state index contributed by atoms with van der Waals surface area (Å²) in [4.78, 5) is 0. The molecule has 4 unspecified atom stereocenters. The van der Waals surface area contributed by atoms with Gasteiger partial charge in [-0.2, -0.15) is 0 Å². The fourth-order valence-corrected chi connectivity index (χ4v) is 4.08. The SMILES string of the molecule is Cc1ccc(C(C)NC2C3CCCOC3C2(C)C)cc1. The minimum atomic E-state index is 0.254. The number of aryl methyl sites for hydroxylation is 1. The molecule has 1 saturated heterocycles. The monoisotopic (exact) mass is 273 g/mol. The Bertz CT molecular complexity index is 465. The van der Waals surface area contributed by atoms with Crippen molar-refractivity contribution >= 4 is 0 Å². The van der Waals surface area contributed by atoms with Gasteiger partial charge in [0.25, 0.3) is 0 Å². The Hall–Kier alpha value is -0.860. The Morgan fingerprint density at radius 2 is 1.95 bits per heavy atom. The smallest absolute Gasteiger partial charge is 0.0684 e. The molecule has 1 heterocycles. The number of benzene rings is 1. The van der Waals surface area contributed by atoms with Crippen LogP contribution in [-0.2, 0) is 4.74 Å². The summed E-state index contributed by atoms with van der Waals surface area (Å²) in [5, 5.41) is 3.86. The van der Waals surface area contributed by atoms with Gasteiger partial charge in [-0.1, -0.05) is 43.7 Å². The van der Waals surface area contributed by atoms with Gasteiger partial charge in [0.1, 0.15) is 0 Å². The second-order valence-electron chi connectivity index (χ2n) is 7.20. The average molecular weight is 273 g/mol. The minimum absolute atomic E-state index is 0.254. The van der Waals surface area contributed by atoms with Gasteiger partial charge in [-0.05, 0) is 32.3 Å². The normalized spacial score (nSPS) is 33.1. The summed E-state index contributed by atoms with van der Waals surface area (Å²) < 4.78 is 5.99. The molecule has 1 aliphatic heterocycles. The Morgan fingerprint density at radius 1 is 1.25 bits per heavy atom. The Labute approximate surface area is 122 Å². The number of rotatable bonds is 3. The van der Waals surface area contributed by atoms with Crippen molar-refractivity contribution in [1.29, 1.82) is 0 Å². The number of hydrogen-bond donors (Lipinski definition) is 1. The van der Waals surface area contributed by atoms with Crippen LogP contribution in [0.2, 0.25) is 0 Å². The summed E-state index contributed by atoms with van der Waals surface area (Å²) in [6.07, 6.45) is 2.99. The van der Waals surface area contributed by atoms with E-state index in [9.17, 15) is 0 Å². The van der Waals surface area contributed by atoms with E-state index >= 15 is 0 Å². The van der Waals surface area contributed by atoms with Crippen molar-refractivity contribution < 1.29 is 4.74 Å². The van der Waals surface area contributed by atoms with Crippen LogP contribution in [0.4, 0.5) is 0 Å². The molecule has 0 bridgehead atoms. The van der Waals surface area contributed by atoms with Crippen molar-refractivity contribution in [2.45, 2.75) is 58.7 Å². The third kappa shape index (κ3) is 2.29. The zero-order valence-electron chi connectivity index (χ0n) is 13.1. The maximum absolute atomic E-state index is 5.99. The number of nitrogens with one attached hydrogen (secondary N) is 1. The molecule has 1 aromatic carbocycles. The molecule has 1 aromatic rings. The van der Waals surface area contributed by atoms with Crippen LogP contribution in [0.3, 0.4) is 0 Å². The molecule has 1 saturated carbocycles. The maximum Gasteiger partial charge on any atom is 0.0684 e. The molecule has 3 rings (SSSR count). The molecule has 0 amide bonds. The molecule has 1 aliphatic carbocycles. The first-order valence-electron chi connectivity index (χ1n) is 7.94. The lowest BCUT2D eigenvalue weighted by molar-refractivity contribution is -0.194. The topological polar surface area (TPSA) is 21.3 Å². The first-order valence-corrected chi connectivity index (χ1v) is 7.94. The molecular weight excluding hydrogens is 246 g/mol. The van der Waals surface area contributed by atoms with Gasteiger partial charge in [0.2, 0.25) is 0 Å². The van der Waals surface area contributed by atoms with E-state index in [0.717, 1.165) is 6.61 Å². The van der Waals surface area contributed by atoms with E-state index in [-0.39, 0.29) is 5.41 Å². The molecule has 0 spiro atoms. The molecule has 2 fully saturated rings. The predicted octanol–water partition coefficient (Wildman–Crippen LogP) is 3.85. The molecule has 0 radical (unpaired) electrons. The highest BCUT2D eigenvalue weighted by Crippen LogP contribution is 2.51. The highest BCUT2D eigenvalue weighted by Gasteiger charge is 2.57. The molecule has 2 nitrogen and oxygen atoms in total. The number of hydrogen-bond acceptors (Lipinski definition) is 2. The zero-order chi connectivity index (χ0) is 14.3. The van der Waals surface area contributed by atoms with E-state index < -0.39 is 0 Å². The third-order valence-electron chi connectivity index (χ3n) is 5.34. The lowest BCUT2D eigenvalue weighted by atomic mass is 9.55. The van der Waals surface area contributed by atoms with E-state index in [2.05, 4.69) is 57.3 Å². The molecule has 0 aromatic heterocycles. The van der Waals surface area contributed by atoms with Crippen LogP contribution >= 0.6 is 0 Å². The quantitative estimate of drug-likeness (QED) is 0.903. The van der Waals surface area contributed by atoms with Crippen LogP contribution in [-0.4, -0.2) is 18.8 Å². The van der Waals surface area contributed by atoms with E-state index in [1.54, 1.807) is 0 Å². The van der Waals surface area contributed by atoms with Gasteiger partial charge >= 0.3 is 0 Å². The Kier molecular flexibility index (Phi) is 3.64. The van der Waals surface area contributed by atoms with Gasteiger partial charge in [-0.15, -0.1) is 0 Å². The molecule has 2 aliphatic rings. The summed E-state index contributed by atoms with van der Waals surface area (Å²) in [6.45, 7) is 10.1. The van der Waals surface area contributed by atoms with Gasteiger partial charge in [0, 0.05) is 30.0 Å². The van der Waals surface area contributed by atoms with E-state index in [0.29, 0.717) is 24.1 Å². The highest BCUT2D eigenvalue weighted by molar-refractivity contribution is 5.24. The van der Waals surface area contributed by atoms with Gasteiger partial charge in [-0.3, -0.25) is 0 Å². The zero-order valence-corrected chi connectivity index (χ0v) is 13.1. The minimum Gasteiger partial charge on any atom is -0.377 e. The van der Waals surface area contributed by atoms with Gasteiger partial charge < -0.3 is 10.1 Å². The predicted molar refractivity (Wildman–Crippen MR) is 82.8 cm³/mol. The molecule has 4 atom stereocenters. The van der Waals surface area contributed by atoms with E-state index in [1.807, 2.05) is 0 Å². The van der Waals surface area contributed by atoms with Crippen molar-refractivity contribution in [2.75, 3.05) is 6.61 Å². The molecule has 1 N–H and O–H groups in total. The first-order chi connectivity index (χ1) is 9.50. The number of ether oxygens (including phenoxy) is 1. The Balaban J connectivity index is 1.69. The average Bonchev–Trinajstić information content (AvgIpc) is 2.45. The largest absolute Gasteiger partial charge is 0.377 e. The van der Waals surface area contributed by atoms with E-state index in [1.165, 1.54) is 24.0 Å². The fourth-order valence-electron chi connectivity index (χ4n) is 4.08. The first kappa shape index (κ1) is 14.1. The van der Waals surface area contributed by atoms with Gasteiger partial charge in [-0.25, -0.2) is 0 Å². The molecular formula is C18H27NO. The number of fused-ring (bicyclic) bond motifs is 1. The van der Waals surface area contributed by atoms with Crippen LogP contribution in [0.5, 0.6) is 0 Å². The Morgan fingerprint density at radius 3 is 2.65 bits per heavy atom. The van der Waals surface area contributed by atoms with Crippen LogP contribution in [0, 0.1) is 18.3 Å². The summed E-state index contributed by atoms with van der Waals surface area (Å²) in [5.41, 5.74) is 2.96. The fraction of sp³-hybridized carbons (Fsp3) is 0.667. The molecule has 110 valence electrons. The second-order valence-corrected chi connectivity index (χ2v) is 7.20. The van der Waals surface area contributed by atoms with Gasteiger partial charge in [0.05, 0.1) is 6.10 Å². The standard InChI is InChI=1S/C18H27NO/c1-12-7-9-14(10-8-12)13(2)19-16-15-6-5-11-20-17(15)18(16,3)4/h7-10,13,15-17,19H,5-6,11H2,1-4H3. The summed E-state index contributed by atoms with van der Waals surface area (Å²) >= 11 is 0. The highest BCUT2D eigenvalue weighted by atomic mass is 16.5. The maximum atomic E-state index is 5.99. The summed E-state index contributed by atoms with van der Waals surface area (Å²) in [6, 6.07) is 9.87. The van der Waals surface area contributed by atoms with Crippen molar-refractivity contribution in [3.05, 3.63) is 35.4 Å². The van der Waals surface area contributed by atoms with E-state index in [4.69, 9.17) is 4.74 Å². The van der Waals surface area contributed by atoms with Crippen LogP contribution < -0.4 is 5.32 Å². The van der Waals surface area contributed by atoms with Crippen molar-refractivity contribution in [3.8, 4) is 0 Å². The lowest BCUT2D eigenvalue weighted by Gasteiger charge is -2.60. The van der Waals surface area contributed by atoms with Crippen molar-refractivity contribution in [1.82, 2.24) is 5.32 Å². The van der Waals surface area contributed by atoms with Crippen LogP contribution in [0.15, 0.2) is 24.3 Å². The van der Waals surface area contributed by atoms with Crippen molar-refractivity contribution in [3.63, 3.8) is 0 Å². The van der Waals surface area contributed by atoms with Gasteiger partial charge in [0.15, 0.2) is 0 Å². The van der Waals surface area contributed by atoms with Crippen molar-refractivity contribution in [2.24, 2.45) is 11.3 Å². The summed E-state index contributed by atoms with van der Waals surface area (Å²) in [7, 11) is 0. The lowest BCUT2D eigenvalue weighted by Crippen LogP contribution is -2.69. The molecule has 20 heavy (non-hydrogen) atoms. The molecule has 2 heteroatoms. The van der Waals surface area contributed by atoms with Crippen LogP contribution in [0.25, 0.3) is 0 Å².